The van der Waals surface area contributed by atoms with Crippen LogP contribution in [0.15, 0.2) is 46.9 Å². The predicted molar refractivity (Wildman–Crippen MR) is 113 cm³/mol. The second-order valence-corrected chi connectivity index (χ2v) is 8.22. The summed E-state index contributed by atoms with van der Waals surface area (Å²) in [5.41, 5.74) is 5.26. The highest BCUT2D eigenvalue weighted by atomic mass is 79.9. The molecule has 2 aromatic carbocycles. The number of nitrogens with zero attached hydrogens (tertiary/aromatic N) is 3. The lowest BCUT2D eigenvalue weighted by atomic mass is 10.2. The van der Waals surface area contributed by atoms with Crippen LogP contribution in [-0.4, -0.2) is 20.7 Å². The van der Waals surface area contributed by atoms with E-state index in [1.807, 2.05) is 44.3 Å². The molecule has 1 N–H and O–H groups in total. The summed E-state index contributed by atoms with van der Waals surface area (Å²) in [7, 11) is 1.81. The van der Waals surface area contributed by atoms with E-state index in [0.717, 1.165) is 27.5 Å². The summed E-state index contributed by atoms with van der Waals surface area (Å²) in [5, 5.41) is 8.11. The van der Waals surface area contributed by atoms with Crippen molar-refractivity contribution in [2.75, 3.05) is 5.32 Å². The topological polar surface area (TPSA) is 59.8 Å². The van der Waals surface area contributed by atoms with Crippen molar-refractivity contribution in [2.45, 2.75) is 13.8 Å². The number of hydrogen-bond donors (Lipinski definition) is 1. The first-order valence-corrected chi connectivity index (χ1v) is 10.0. The first-order valence-electron chi connectivity index (χ1n) is 8.40. The fraction of sp³-hybridized carbons (Fsp3) is 0.150. The summed E-state index contributed by atoms with van der Waals surface area (Å²) in [6.45, 7) is 3.99. The molecule has 136 valence electrons. The molecule has 27 heavy (non-hydrogen) atoms. The standard InChI is InChI=1S/C20H17BrN4OS/c1-11-4-9-15-16(10-11)27-20(23-15)13-5-7-14(8-6-13)22-19(26)18-17(21)12(2)25(3)24-18/h4-10H,1-3H3,(H,22,26). The van der Waals surface area contributed by atoms with E-state index >= 15 is 0 Å². The molecule has 4 aromatic rings. The first-order chi connectivity index (χ1) is 12.9. The lowest BCUT2D eigenvalue weighted by molar-refractivity contribution is 0.102. The van der Waals surface area contributed by atoms with Crippen LogP contribution in [0.2, 0.25) is 0 Å². The third-order valence-corrected chi connectivity index (χ3v) is 6.43. The van der Waals surface area contributed by atoms with Crippen molar-refractivity contribution in [3.63, 3.8) is 0 Å². The molecule has 1 amide bonds. The Morgan fingerprint density at radius 3 is 2.56 bits per heavy atom. The second kappa shape index (κ2) is 6.90. The molecule has 0 bridgehead atoms. The molecule has 0 saturated carbocycles. The number of amides is 1. The smallest absolute Gasteiger partial charge is 0.277 e. The molecule has 5 nitrogen and oxygen atoms in total. The molecule has 0 aliphatic heterocycles. The molecule has 0 aliphatic rings. The normalized spacial score (nSPS) is 11.1. The maximum absolute atomic E-state index is 12.5. The highest BCUT2D eigenvalue weighted by Gasteiger charge is 2.18. The molecule has 0 aliphatic carbocycles. The quantitative estimate of drug-likeness (QED) is 0.468. The van der Waals surface area contributed by atoms with Crippen LogP contribution >= 0.6 is 27.3 Å². The van der Waals surface area contributed by atoms with Gasteiger partial charge < -0.3 is 5.32 Å². The maximum Gasteiger partial charge on any atom is 0.277 e. The summed E-state index contributed by atoms with van der Waals surface area (Å²) in [6.07, 6.45) is 0. The van der Waals surface area contributed by atoms with Crippen molar-refractivity contribution in [3.05, 3.63) is 63.9 Å². The summed E-state index contributed by atoms with van der Waals surface area (Å²) >= 11 is 5.10. The van der Waals surface area contributed by atoms with Gasteiger partial charge in [0.15, 0.2) is 5.69 Å². The van der Waals surface area contributed by atoms with Gasteiger partial charge >= 0.3 is 0 Å². The number of fused-ring (bicyclic) bond motifs is 1. The van der Waals surface area contributed by atoms with Crippen molar-refractivity contribution in [3.8, 4) is 10.6 Å². The van der Waals surface area contributed by atoms with E-state index in [1.165, 1.54) is 10.3 Å². The van der Waals surface area contributed by atoms with Crippen LogP contribution in [0.25, 0.3) is 20.8 Å². The zero-order valence-electron chi connectivity index (χ0n) is 15.1. The lowest BCUT2D eigenvalue weighted by Gasteiger charge is -2.04. The maximum atomic E-state index is 12.5. The minimum Gasteiger partial charge on any atom is -0.321 e. The number of aromatic nitrogens is 3. The fourth-order valence-corrected chi connectivity index (χ4v) is 4.35. The summed E-state index contributed by atoms with van der Waals surface area (Å²) in [4.78, 5) is 17.2. The first kappa shape index (κ1) is 17.9. The molecule has 2 aromatic heterocycles. The Morgan fingerprint density at radius 2 is 1.89 bits per heavy atom. The zero-order chi connectivity index (χ0) is 19.1. The van der Waals surface area contributed by atoms with Crippen LogP contribution in [0, 0.1) is 13.8 Å². The van der Waals surface area contributed by atoms with Crippen molar-refractivity contribution in [1.82, 2.24) is 14.8 Å². The Morgan fingerprint density at radius 1 is 1.15 bits per heavy atom. The van der Waals surface area contributed by atoms with E-state index in [4.69, 9.17) is 4.98 Å². The minimum absolute atomic E-state index is 0.242. The number of aryl methyl sites for hydroxylation is 2. The van der Waals surface area contributed by atoms with Crippen molar-refractivity contribution in [2.24, 2.45) is 7.05 Å². The highest BCUT2D eigenvalue weighted by molar-refractivity contribution is 9.10. The molecule has 0 radical (unpaired) electrons. The Kier molecular flexibility index (Phi) is 4.57. The van der Waals surface area contributed by atoms with Gasteiger partial charge in [0.1, 0.15) is 5.01 Å². The molecule has 0 atom stereocenters. The average molecular weight is 441 g/mol. The molecule has 0 spiro atoms. The molecule has 2 heterocycles. The number of benzene rings is 2. The number of anilines is 1. The summed E-state index contributed by atoms with van der Waals surface area (Å²) in [5.74, 6) is -0.242. The highest BCUT2D eigenvalue weighted by Crippen LogP contribution is 2.31. The number of rotatable bonds is 3. The van der Waals surface area contributed by atoms with Crippen LogP contribution in [0.1, 0.15) is 21.7 Å². The Bertz CT molecular complexity index is 1160. The third-order valence-electron chi connectivity index (χ3n) is 4.41. The molecule has 0 unspecified atom stereocenters. The number of hydrogen-bond acceptors (Lipinski definition) is 4. The van der Waals surface area contributed by atoms with Gasteiger partial charge in [-0.3, -0.25) is 9.48 Å². The molecular formula is C20H17BrN4OS. The van der Waals surface area contributed by atoms with Gasteiger partial charge in [0.05, 0.1) is 20.4 Å². The van der Waals surface area contributed by atoms with E-state index in [2.05, 4.69) is 45.4 Å². The second-order valence-electron chi connectivity index (χ2n) is 6.39. The summed E-state index contributed by atoms with van der Waals surface area (Å²) in [6, 6.07) is 14.0. The summed E-state index contributed by atoms with van der Waals surface area (Å²) < 4.78 is 3.57. The fourth-order valence-electron chi connectivity index (χ4n) is 2.77. The van der Waals surface area contributed by atoms with E-state index < -0.39 is 0 Å². The van der Waals surface area contributed by atoms with E-state index in [0.29, 0.717) is 10.2 Å². The lowest BCUT2D eigenvalue weighted by Crippen LogP contribution is -2.13. The van der Waals surface area contributed by atoms with Crippen molar-refractivity contribution in [1.29, 1.82) is 0 Å². The zero-order valence-corrected chi connectivity index (χ0v) is 17.5. The number of thiazole rings is 1. The Labute approximate surface area is 169 Å². The van der Waals surface area contributed by atoms with Crippen LogP contribution in [-0.2, 0) is 7.05 Å². The molecule has 0 saturated heterocycles. The minimum atomic E-state index is -0.242. The molecular weight excluding hydrogens is 424 g/mol. The van der Waals surface area contributed by atoms with E-state index in [1.54, 1.807) is 16.0 Å². The van der Waals surface area contributed by atoms with Crippen LogP contribution in [0.4, 0.5) is 5.69 Å². The van der Waals surface area contributed by atoms with Crippen LogP contribution in [0.5, 0.6) is 0 Å². The number of carbonyl (C=O) groups excluding carboxylic acids is 1. The van der Waals surface area contributed by atoms with Gasteiger partial charge in [0, 0.05) is 18.3 Å². The predicted octanol–water partition coefficient (Wildman–Crippen LogP) is 5.33. The van der Waals surface area contributed by atoms with E-state index in [9.17, 15) is 4.79 Å². The van der Waals surface area contributed by atoms with Crippen molar-refractivity contribution >= 4 is 49.1 Å². The molecule has 4 rings (SSSR count). The third kappa shape index (κ3) is 3.40. The van der Waals surface area contributed by atoms with Crippen LogP contribution in [0.3, 0.4) is 0 Å². The Balaban J connectivity index is 1.56. The Hall–Kier alpha value is -2.51. The molecule has 0 fully saturated rings. The van der Waals surface area contributed by atoms with Gasteiger partial charge in [0.2, 0.25) is 0 Å². The SMILES string of the molecule is Cc1ccc2nc(-c3ccc(NC(=O)c4nn(C)c(C)c4Br)cc3)sc2c1. The molecule has 7 heteroatoms. The monoisotopic (exact) mass is 440 g/mol. The van der Waals surface area contributed by atoms with Crippen LogP contribution < -0.4 is 5.32 Å². The van der Waals surface area contributed by atoms with Crippen molar-refractivity contribution < 1.29 is 4.79 Å². The van der Waals surface area contributed by atoms with Gasteiger partial charge in [-0.05, 0) is 71.7 Å². The van der Waals surface area contributed by atoms with Gasteiger partial charge in [0.25, 0.3) is 5.91 Å². The largest absolute Gasteiger partial charge is 0.321 e. The number of carbonyl (C=O) groups is 1. The van der Waals surface area contributed by atoms with E-state index in [-0.39, 0.29) is 5.91 Å². The number of nitrogens with one attached hydrogen (secondary N) is 1. The van der Waals surface area contributed by atoms with Gasteiger partial charge in [-0.25, -0.2) is 4.98 Å². The number of halogens is 1. The van der Waals surface area contributed by atoms with Gasteiger partial charge in [-0.1, -0.05) is 6.07 Å². The van der Waals surface area contributed by atoms with Gasteiger partial charge in [-0.15, -0.1) is 11.3 Å². The average Bonchev–Trinajstić information content (AvgIpc) is 3.18. The van der Waals surface area contributed by atoms with Gasteiger partial charge in [-0.2, -0.15) is 5.10 Å².